The third-order valence-electron chi connectivity index (χ3n) is 2.23. The van der Waals surface area contributed by atoms with Gasteiger partial charge in [0, 0.05) is 6.42 Å². The third-order valence-corrected chi connectivity index (χ3v) is 2.23. The highest BCUT2D eigenvalue weighted by Crippen LogP contribution is 2.10. The molecule has 2 N–H and O–H groups in total. The molecule has 0 aromatic heterocycles. The fourth-order valence-corrected chi connectivity index (χ4v) is 1.13. The monoisotopic (exact) mass is 193 g/mol. The van der Waals surface area contributed by atoms with Gasteiger partial charge in [0.15, 0.2) is 5.78 Å². The second-order valence-electron chi connectivity index (χ2n) is 3.32. The molecule has 1 atom stereocenters. The van der Waals surface area contributed by atoms with E-state index < -0.39 is 0 Å². The molecule has 1 rings (SSSR count). The Labute approximate surface area is 83.8 Å². The number of aromatic hydroxyl groups is 1. The SMILES string of the molecule is CNC(C)C(=O)Cc1ccc(O)cc1. The number of ketones is 1. The Bertz CT molecular complexity index is 306. The van der Waals surface area contributed by atoms with Gasteiger partial charge in [-0.05, 0) is 31.7 Å². The summed E-state index contributed by atoms with van der Waals surface area (Å²) in [6, 6.07) is 6.58. The maximum absolute atomic E-state index is 11.5. The Kier molecular flexibility index (Phi) is 3.65. The fraction of sp³-hybridized carbons (Fsp3) is 0.364. The summed E-state index contributed by atoms with van der Waals surface area (Å²) in [6.07, 6.45) is 0.405. The second-order valence-corrected chi connectivity index (χ2v) is 3.32. The second kappa shape index (κ2) is 4.77. The van der Waals surface area contributed by atoms with Crippen LogP contribution < -0.4 is 5.32 Å². The van der Waals surface area contributed by atoms with Crippen LogP contribution in [0.15, 0.2) is 24.3 Å². The van der Waals surface area contributed by atoms with Crippen LogP contribution in [0.5, 0.6) is 5.75 Å². The van der Waals surface area contributed by atoms with Gasteiger partial charge < -0.3 is 10.4 Å². The molecule has 3 nitrogen and oxygen atoms in total. The Balaban J connectivity index is 2.60. The van der Waals surface area contributed by atoms with Crippen LogP contribution in [0.25, 0.3) is 0 Å². The van der Waals surface area contributed by atoms with Gasteiger partial charge >= 0.3 is 0 Å². The highest BCUT2D eigenvalue weighted by molar-refractivity contribution is 5.85. The van der Waals surface area contributed by atoms with Gasteiger partial charge in [0.25, 0.3) is 0 Å². The number of likely N-dealkylation sites (N-methyl/N-ethyl adjacent to an activating group) is 1. The first-order chi connectivity index (χ1) is 6.63. The number of carbonyl (C=O) groups excluding carboxylic acids is 1. The predicted molar refractivity (Wildman–Crippen MR) is 55.3 cm³/mol. The first-order valence-electron chi connectivity index (χ1n) is 4.61. The number of hydrogen-bond acceptors (Lipinski definition) is 3. The van der Waals surface area contributed by atoms with Crippen molar-refractivity contribution in [1.82, 2.24) is 5.32 Å². The smallest absolute Gasteiger partial charge is 0.153 e. The Morgan fingerprint density at radius 3 is 2.50 bits per heavy atom. The molecule has 1 unspecified atom stereocenters. The molecular formula is C11H15NO2. The lowest BCUT2D eigenvalue weighted by atomic mass is 10.0. The van der Waals surface area contributed by atoms with Crippen LogP contribution in [0.4, 0.5) is 0 Å². The van der Waals surface area contributed by atoms with Gasteiger partial charge in [0.05, 0.1) is 6.04 Å². The summed E-state index contributed by atoms with van der Waals surface area (Å²) < 4.78 is 0. The van der Waals surface area contributed by atoms with Gasteiger partial charge in [-0.2, -0.15) is 0 Å². The van der Waals surface area contributed by atoms with Crippen LogP contribution in [0.3, 0.4) is 0 Å². The largest absolute Gasteiger partial charge is 0.508 e. The van der Waals surface area contributed by atoms with Crippen molar-refractivity contribution in [3.05, 3.63) is 29.8 Å². The molecule has 0 saturated carbocycles. The lowest BCUT2D eigenvalue weighted by Crippen LogP contribution is -2.31. The molecule has 3 heteroatoms. The van der Waals surface area contributed by atoms with E-state index in [1.807, 2.05) is 6.92 Å². The normalized spacial score (nSPS) is 12.4. The van der Waals surface area contributed by atoms with Gasteiger partial charge in [0.1, 0.15) is 5.75 Å². The van der Waals surface area contributed by atoms with Crippen LogP contribution in [0.2, 0.25) is 0 Å². The number of hydrogen-bond donors (Lipinski definition) is 2. The number of phenols is 1. The van der Waals surface area contributed by atoms with Gasteiger partial charge in [-0.25, -0.2) is 0 Å². The lowest BCUT2D eigenvalue weighted by molar-refractivity contribution is -0.119. The van der Waals surface area contributed by atoms with E-state index in [9.17, 15) is 4.79 Å². The summed E-state index contributed by atoms with van der Waals surface area (Å²) in [7, 11) is 1.76. The van der Waals surface area contributed by atoms with E-state index in [-0.39, 0.29) is 17.6 Å². The topological polar surface area (TPSA) is 49.3 Å². The highest BCUT2D eigenvalue weighted by atomic mass is 16.3. The quantitative estimate of drug-likeness (QED) is 0.753. The standard InChI is InChI=1S/C11H15NO2/c1-8(12-2)11(14)7-9-3-5-10(13)6-4-9/h3-6,8,12-13H,7H2,1-2H3. The van der Waals surface area contributed by atoms with Crippen LogP contribution in [-0.2, 0) is 11.2 Å². The van der Waals surface area contributed by atoms with E-state index in [4.69, 9.17) is 5.11 Å². The molecule has 1 aromatic rings. The molecule has 0 heterocycles. The molecule has 0 amide bonds. The minimum Gasteiger partial charge on any atom is -0.508 e. The summed E-state index contributed by atoms with van der Waals surface area (Å²) in [5, 5.41) is 11.9. The maximum atomic E-state index is 11.5. The van der Waals surface area contributed by atoms with E-state index in [1.54, 1.807) is 31.3 Å². The van der Waals surface area contributed by atoms with Crippen LogP contribution >= 0.6 is 0 Å². The van der Waals surface area contributed by atoms with Crippen molar-refractivity contribution >= 4 is 5.78 Å². The summed E-state index contributed by atoms with van der Waals surface area (Å²) in [5.74, 6) is 0.376. The lowest BCUT2D eigenvalue weighted by Gasteiger charge is -2.08. The van der Waals surface area contributed by atoms with Crippen molar-refractivity contribution in [2.45, 2.75) is 19.4 Å². The summed E-state index contributed by atoms with van der Waals surface area (Å²) in [4.78, 5) is 11.5. The molecule has 1 aromatic carbocycles. The number of rotatable bonds is 4. The summed E-state index contributed by atoms with van der Waals surface area (Å²) >= 11 is 0. The molecule has 0 aliphatic rings. The van der Waals surface area contributed by atoms with Crippen molar-refractivity contribution < 1.29 is 9.90 Å². The van der Waals surface area contributed by atoms with Gasteiger partial charge in [-0.1, -0.05) is 12.1 Å². The first-order valence-corrected chi connectivity index (χ1v) is 4.61. The zero-order valence-corrected chi connectivity index (χ0v) is 8.45. The molecular weight excluding hydrogens is 178 g/mol. The van der Waals surface area contributed by atoms with Gasteiger partial charge in [-0.15, -0.1) is 0 Å². The number of phenolic OH excluding ortho intramolecular Hbond substituents is 1. The molecule has 0 aliphatic carbocycles. The van der Waals surface area contributed by atoms with E-state index in [0.29, 0.717) is 6.42 Å². The van der Waals surface area contributed by atoms with Gasteiger partial charge in [-0.3, -0.25) is 4.79 Å². The number of Topliss-reactive ketones (excluding diaryl/α,β-unsaturated/α-hetero) is 1. The van der Waals surface area contributed by atoms with Crippen LogP contribution in [0, 0.1) is 0 Å². The summed E-state index contributed by atoms with van der Waals surface area (Å²) in [5.41, 5.74) is 0.926. The van der Waals surface area contributed by atoms with Crippen molar-refractivity contribution in [3.63, 3.8) is 0 Å². The number of nitrogens with one attached hydrogen (secondary N) is 1. The molecule has 76 valence electrons. The van der Waals surface area contributed by atoms with E-state index >= 15 is 0 Å². The molecule has 0 aliphatic heterocycles. The van der Waals surface area contributed by atoms with Crippen molar-refractivity contribution in [3.8, 4) is 5.75 Å². The van der Waals surface area contributed by atoms with E-state index in [2.05, 4.69) is 5.32 Å². The van der Waals surface area contributed by atoms with Crippen LogP contribution in [-0.4, -0.2) is 24.0 Å². The fourth-order valence-electron chi connectivity index (χ4n) is 1.13. The first kappa shape index (κ1) is 10.7. The minimum absolute atomic E-state index is 0.121. The maximum Gasteiger partial charge on any atom is 0.153 e. The molecule has 0 radical (unpaired) electrons. The minimum atomic E-state index is -0.121. The number of carbonyl (C=O) groups is 1. The predicted octanol–water partition coefficient (Wildman–Crippen LogP) is 1.11. The molecule has 0 spiro atoms. The van der Waals surface area contributed by atoms with E-state index in [0.717, 1.165) is 5.56 Å². The molecule has 0 fully saturated rings. The van der Waals surface area contributed by atoms with Crippen molar-refractivity contribution in [1.29, 1.82) is 0 Å². The highest BCUT2D eigenvalue weighted by Gasteiger charge is 2.10. The number of benzene rings is 1. The Hall–Kier alpha value is -1.35. The Morgan fingerprint density at radius 2 is 2.00 bits per heavy atom. The zero-order valence-electron chi connectivity index (χ0n) is 8.45. The summed E-state index contributed by atoms with van der Waals surface area (Å²) in [6.45, 7) is 1.84. The van der Waals surface area contributed by atoms with E-state index in [1.165, 1.54) is 0 Å². The Morgan fingerprint density at radius 1 is 1.43 bits per heavy atom. The third kappa shape index (κ3) is 2.85. The average molecular weight is 193 g/mol. The van der Waals surface area contributed by atoms with Gasteiger partial charge in [0.2, 0.25) is 0 Å². The van der Waals surface area contributed by atoms with Crippen molar-refractivity contribution in [2.75, 3.05) is 7.05 Å². The van der Waals surface area contributed by atoms with Crippen molar-refractivity contribution in [2.24, 2.45) is 0 Å². The average Bonchev–Trinajstić information content (AvgIpc) is 2.20. The molecule has 0 saturated heterocycles. The molecule has 14 heavy (non-hydrogen) atoms. The molecule has 0 bridgehead atoms. The van der Waals surface area contributed by atoms with Crippen LogP contribution in [0.1, 0.15) is 12.5 Å². The zero-order chi connectivity index (χ0) is 10.6.